The summed E-state index contributed by atoms with van der Waals surface area (Å²) in [4.78, 5) is 13.2. The van der Waals surface area contributed by atoms with Gasteiger partial charge in [-0.1, -0.05) is 328 Å². The normalized spacial score (nSPS) is 19.2. The number of aliphatic hydroxyl groups is 7. The van der Waals surface area contributed by atoms with Crippen molar-refractivity contribution in [3.05, 3.63) is 12.2 Å². The number of hydrogen-bond donors (Lipinski definition) is 8. The van der Waals surface area contributed by atoms with E-state index in [9.17, 15) is 40.5 Å². The zero-order chi connectivity index (χ0) is 58.2. The fourth-order valence-corrected chi connectivity index (χ4v) is 11.7. The van der Waals surface area contributed by atoms with Crippen LogP contribution >= 0.6 is 0 Å². The molecule has 0 aromatic heterocycles. The molecule has 1 aliphatic heterocycles. The van der Waals surface area contributed by atoms with Crippen molar-refractivity contribution in [1.82, 2.24) is 5.32 Å². The monoisotopic (exact) mass is 1140 g/mol. The van der Waals surface area contributed by atoms with Crippen LogP contribution in [0, 0.1) is 0 Å². The second-order valence-corrected chi connectivity index (χ2v) is 25.0. The molecule has 476 valence electrons. The van der Waals surface area contributed by atoms with Crippen molar-refractivity contribution in [2.45, 2.75) is 409 Å². The first-order chi connectivity index (χ1) is 39.2. The molecular weight excluding hydrogens is 1000 g/mol. The van der Waals surface area contributed by atoms with Crippen LogP contribution in [0.25, 0.3) is 0 Å². The molecule has 0 radical (unpaired) electrons. The van der Waals surface area contributed by atoms with Gasteiger partial charge < -0.3 is 50.5 Å². The first-order valence-electron chi connectivity index (χ1n) is 35.1. The number of aliphatic hydroxyl groups excluding tert-OH is 7. The van der Waals surface area contributed by atoms with Crippen LogP contribution in [0.5, 0.6) is 0 Å². The van der Waals surface area contributed by atoms with Gasteiger partial charge >= 0.3 is 0 Å². The molecule has 0 saturated carbocycles. The zero-order valence-corrected chi connectivity index (χ0v) is 52.6. The van der Waals surface area contributed by atoms with E-state index in [1.165, 1.54) is 276 Å². The fourth-order valence-electron chi connectivity index (χ4n) is 11.7. The van der Waals surface area contributed by atoms with Gasteiger partial charge in [0, 0.05) is 0 Å². The number of allylic oxidation sites excluding steroid dienone is 2. The van der Waals surface area contributed by atoms with E-state index in [-0.39, 0.29) is 12.8 Å². The molecule has 80 heavy (non-hydrogen) atoms. The number of rotatable bonds is 62. The smallest absolute Gasteiger partial charge is 0.249 e. The number of ether oxygens (including phenoxy) is 2. The number of carbonyl (C=O) groups excluding carboxylic acids is 1. The van der Waals surface area contributed by atoms with Gasteiger partial charge in [0.05, 0.1) is 25.4 Å². The number of nitrogens with one attached hydrogen (secondary N) is 1. The standard InChI is InChI=1S/C69H135NO10/c1-3-5-7-9-11-13-15-17-19-21-23-25-27-29-30-31-33-35-37-39-41-43-45-47-49-51-53-55-57-62(73)68(78)70-60(59-79-69-67(77)66(76)65(75)63(58-71)80-69)64(74)61(72)56-54-52-50-48-46-44-42-40-38-36-34-32-28-26-24-22-20-18-16-14-12-10-8-6-4-2/h48,50,60-67,69,71-77H,3-47,49,51-59H2,1-2H3,(H,70,78)/b50-48+. The molecule has 11 heteroatoms. The molecule has 0 aromatic rings. The van der Waals surface area contributed by atoms with E-state index < -0.39 is 74.2 Å². The molecule has 1 fully saturated rings. The highest BCUT2D eigenvalue weighted by Crippen LogP contribution is 2.24. The Morgan fingerprint density at radius 1 is 0.425 bits per heavy atom. The van der Waals surface area contributed by atoms with Gasteiger partial charge in [0.1, 0.15) is 36.6 Å². The average molecular weight is 1140 g/mol. The Bertz CT molecular complexity index is 1310. The Morgan fingerprint density at radius 3 is 1.07 bits per heavy atom. The minimum atomic E-state index is -1.67. The predicted octanol–water partition coefficient (Wildman–Crippen LogP) is 16.6. The third-order valence-electron chi connectivity index (χ3n) is 17.3. The first-order valence-corrected chi connectivity index (χ1v) is 35.1. The number of amides is 1. The van der Waals surface area contributed by atoms with Crippen molar-refractivity contribution < 1.29 is 50.0 Å². The van der Waals surface area contributed by atoms with Gasteiger partial charge in [0.2, 0.25) is 5.91 Å². The molecule has 1 heterocycles. The van der Waals surface area contributed by atoms with E-state index in [1.807, 2.05) is 0 Å². The number of hydrogen-bond acceptors (Lipinski definition) is 10. The van der Waals surface area contributed by atoms with Crippen molar-refractivity contribution in [1.29, 1.82) is 0 Å². The second-order valence-electron chi connectivity index (χ2n) is 25.0. The van der Waals surface area contributed by atoms with Crippen LogP contribution in [0.4, 0.5) is 0 Å². The molecule has 0 aromatic carbocycles. The van der Waals surface area contributed by atoms with E-state index in [4.69, 9.17) is 9.47 Å². The molecule has 0 aliphatic carbocycles. The van der Waals surface area contributed by atoms with Crippen LogP contribution in [0.15, 0.2) is 12.2 Å². The maximum atomic E-state index is 13.2. The molecule has 11 nitrogen and oxygen atoms in total. The molecule has 0 spiro atoms. The van der Waals surface area contributed by atoms with Gasteiger partial charge in [-0.05, 0) is 38.5 Å². The maximum absolute atomic E-state index is 13.2. The number of carbonyl (C=O) groups is 1. The SMILES string of the molecule is CCCCCCCCCCCCCCCCCCCCCC/C=C/CCCC(O)C(O)C(COC1OC(CO)C(O)C(O)C1O)NC(=O)C(O)CCCCCCCCCCCCCCCCCCCCCCCCCCCCCC. The van der Waals surface area contributed by atoms with E-state index in [2.05, 4.69) is 31.3 Å². The Hall–Kier alpha value is -1.15. The highest BCUT2D eigenvalue weighted by Gasteiger charge is 2.44. The zero-order valence-electron chi connectivity index (χ0n) is 52.6. The quantitative estimate of drug-likeness (QED) is 0.0215. The summed E-state index contributed by atoms with van der Waals surface area (Å²) in [5, 5.41) is 76.5. The molecule has 1 saturated heterocycles. The Labute approximate surface area is 493 Å². The largest absolute Gasteiger partial charge is 0.394 e. The van der Waals surface area contributed by atoms with Crippen LogP contribution in [0.1, 0.15) is 354 Å². The molecule has 1 aliphatic rings. The second kappa shape index (κ2) is 58.2. The lowest BCUT2D eigenvalue weighted by molar-refractivity contribution is -0.303. The topological polar surface area (TPSA) is 189 Å². The summed E-state index contributed by atoms with van der Waals surface area (Å²) >= 11 is 0. The van der Waals surface area contributed by atoms with Crippen LogP contribution in [0.2, 0.25) is 0 Å². The highest BCUT2D eigenvalue weighted by atomic mass is 16.7. The lowest BCUT2D eigenvalue weighted by atomic mass is 9.98. The van der Waals surface area contributed by atoms with Crippen molar-refractivity contribution in [3.63, 3.8) is 0 Å². The molecular formula is C69H135NO10. The molecule has 8 N–H and O–H groups in total. The predicted molar refractivity (Wildman–Crippen MR) is 335 cm³/mol. The summed E-state index contributed by atoms with van der Waals surface area (Å²) in [6, 6.07) is -1.18. The number of unbranched alkanes of at least 4 members (excludes halogenated alkanes) is 48. The molecule has 1 rings (SSSR count). The van der Waals surface area contributed by atoms with Gasteiger partial charge in [0.15, 0.2) is 6.29 Å². The molecule has 1 amide bonds. The van der Waals surface area contributed by atoms with Gasteiger partial charge in [-0.25, -0.2) is 0 Å². The van der Waals surface area contributed by atoms with Crippen LogP contribution in [0.3, 0.4) is 0 Å². The summed E-state index contributed by atoms with van der Waals surface area (Å²) in [6.45, 7) is 3.51. The van der Waals surface area contributed by atoms with Crippen LogP contribution in [-0.2, 0) is 14.3 Å². The highest BCUT2D eigenvalue weighted by molar-refractivity contribution is 5.80. The summed E-state index contributed by atoms with van der Waals surface area (Å²) in [5.41, 5.74) is 0. The minimum absolute atomic E-state index is 0.260. The summed E-state index contributed by atoms with van der Waals surface area (Å²) in [5.74, 6) is -0.698. The summed E-state index contributed by atoms with van der Waals surface area (Å²) in [6.07, 6.45) is 60.1. The Kier molecular flexibility index (Phi) is 56.0. The van der Waals surface area contributed by atoms with Gasteiger partial charge in [-0.3, -0.25) is 4.79 Å². The molecule has 9 atom stereocenters. The van der Waals surface area contributed by atoms with Crippen molar-refractivity contribution >= 4 is 5.91 Å². The lowest BCUT2D eigenvalue weighted by Crippen LogP contribution is -2.60. The summed E-state index contributed by atoms with van der Waals surface area (Å²) in [7, 11) is 0. The Morgan fingerprint density at radius 2 is 0.738 bits per heavy atom. The summed E-state index contributed by atoms with van der Waals surface area (Å²) < 4.78 is 11.2. The third-order valence-corrected chi connectivity index (χ3v) is 17.3. The van der Waals surface area contributed by atoms with Crippen molar-refractivity contribution in [2.75, 3.05) is 13.2 Å². The van der Waals surface area contributed by atoms with E-state index in [0.29, 0.717) is 12.8 Å². The molecule has 9 unspecified atom stereocenters. The average Bonchev–Trinajstić information content (AvgIpc) is 3.47. The lowest BCUT2D eigenvalue weighted by Gasteiger charge is -2.40. The van der Waals surface area contributed by atoms with Crippen molar-refractivity contribution in [2.24, 2.45) is 0 Å². The third kappa shape index (κ3) is 45.2. The fraction of sp³-hybridized carbons (Fsp3) is 0.957. The van der Waals surface area contributed by atoms with Crippen molar-refractivity contribution in [3.8, 4) is 0 Å². The van der Waals surface area contributed by atoms with Gasteiger partial charge in [0.25, 0.3) is 0 Å². The maximum Gasteiger partial charge on any atom is 0.249 e. The van der Waals surface area contributed by atoms with E-state index in [0.717, 1.165) is 38.5 Å². The Balaban J connectivity index is 2.21. The van der Waals surface area contributed by atoms with E-state index >= 15 is 0 Å². The van der Waals surface area contributed by atoms with Gasteiger partial charge in [-0.2, -0.15) is 0 Å². The van der Waals surface area contributed by atoms with Crippen LogP contribution < -0.4 is 5.32 Å². The molecule has 0 bridgehead atoms. The van der Waals surface area contributed by atoms with Gasteiger partial charge in [-0.15, -0.1) is 0 Å². The first kappa shape index (κ1) is 76.9. The van der Waals surface area contributed by atoms with E-state index in [1.54, 1.807) is 0 Å². The minimum Gasteiger partial charge on any atom is -0.394 e. The van der Waals surface area contributed by atoms with Crippen LogP contribution in [-0.4, -0.2) is 110 Å².